The van der Waals surface area contributed by atoms with Crippen LogP contribution in [0.15, 0.2) is 12.2 Å². The molecule has 0 unspecified atom stereocenters. The monoisotopic (exact) mass is 351 g/mol. The molecule has 7 nitrogen and oxygen atoms in total. The molecule has 0 aromatic carbocycles. The Morgan fingerprint density at radius 2 is 1.96 bits per heavy atom. The van der Waals surface area contributed by atoms with Crippen molar-refractivity contribution in [1.82, 2.24) is 15.5 Å². The minimum Gasteiger partial charge on any atom is -0.395 e. The molecule has 5 atom stereocenters. The van der Waals surface area contributed by atoms with Crippen molar-refractivity contribution in [1.29, 1.82) is 0 Å². The van der Waals surface area contributed by atoms with Crippen LogP contribution in [-0.4, -0.2) is 60.0 Å². The van der Waals surface area contributed by atoms with Crippen LogP contribution in [0.1, 0.15) is 27.2 Å². The zero-order chi connectivity index (χ0) is 18.7. The van der Waals surface area contributed by atoms with Crippen molar-refractivity contribution in [2.75, 3.05) is 20.2 Å². The summed E-state index contributed by atoms with van der Waals surface area (Å²) in [7, 11) is 1.57. The average Bonchev–Trinajstić information content (AvgIpc) is 2.85. The maximum Gasteiger partial charge on any atom is 0.243 e. The van der Waals surface area contributed by atoms with Gasteiger partial charge in [-0.1, -0.05) is 19.1 Å². The summed E-state index contributed by atoms with van der Waals surface area (Å²) >= 11 is 0. The number of rotatable bonds is 6. The number of likely N-dealkylation sites (tertiary alicyclic amines) is 1. The first-order valence-corrected chi connectivity index (χ1v) is 8.98. The zero-order valence-electron chi connectivity index (χ0n) is 15.4. The van der Waals surface area contributed by atoms with Crippen LogP contribution in [0.4, 0.5) is 0 Å². The van der Waals surface area contributed by atoms with Crippen LogP contribution in [0.25, 0.3) is 0 Å². The minimum absolute atomic E-state index is 0.0342. The highest BCUT2D eigenvalue weighted by Crippen LogP contribution is 2.44. The molecule has 0 aromatic heterocycles. The molecule has 2 rings (SSSR count). The summed E-state index contributed by atoms with van der Waals surface area (Å²) in [5.41, 5.74) is 0. The number of aliphatic hydroxyl groups excluding tert-OH is 1. The standard InChI is InChI=1S/C18H29N3O4/c1-5-11-6-7-12-14(13(11)16(23)19-4)18(25)21(8-9-22)15(12)17(24)20-10(2)3/h6-7,10-15,22H,5,8-9H2,1-4H3,(H,19,23)(H,20,24)/t11-,12+,13-,14+,15+/m1/s1. The van der Waals surface area contributed by atoms with Crippen LogP contribution in [0.2, 0.25) is 0 Å². The highest BCUT2D eigenvalue weighted by molar-refractivity contribution is 5.96. The number of fused-ring (bicyclic) bond motifs is 1. The van der Waals surface area contributed by atoms with Gasteiger partial charge in [-0.15, -0.1) is 0 Å². The van der Waals surface area contributed by atoms with E-state index in [1.807, 2.05) is 32.9 Å². The van der Waals surface area contributed by atoms with Gasteiger partial charge in [-0.3, -0.25) is 14.4 Å². The Morgan fingerprint density at radius 1 is 1.28 bits per heavy atom. The van der Waals surface area contributed by atoms with E-state index in [2.05, 4.69) is 10.6 Å². The zero-order valence-corrected chi connectivity index (χ0v) is 15.4. The highest BCUT2D eigenvalue weighted by atomic mass is 16.3. The molecule has 2 aliphatic rings. The predicted molar refractivity (Wildman–Crippen MR) is 93.3 cm³/mol. The second-order valence-corrected chi connectivity index (χ2v) is 7.06. The number of amides is 3. The molecule has 7 heteroatoms. The lowest BCUT2D eigenvalue weighted by Crippen LogP contribution is -2.49. The fourth-order valence-electron chi connectivity index (χ4n) is 4.13. The largest absolute Gasteiger partial charge is 0.395 e. The van der Waals surface area contributed by atoms with Gasteiger partial charge in [0, 0.05) is 25.6 Å². The Hall–Kier alpha value is -1.89. The summed E-state index contributed by atoms with van der Waals surface area (Å²) in [6.07, 6.45) is 4.62. The number of hydrogen-bond donors (Lipinski definition) is 3. The Morgan fingerprint density at radius 3 is 2.48 bits per heavy atom. The number of carbonyl (C=O) groups is 3. The van der Waals surface area contributed by atoms with Crippen molar-refractivity contribution < 1.29 is 19.5 Å². The summed E-state index contributed by atoms with van der Waals surface area (Å²) in [6.45, 7) is 5.58. The van der Waals surface area contributed by atoms with Crippen molar-refractivity contribution in [3.63, 3.8) is 0 Å². The predicted octanol–water partition coefficient (Wildman–Crippen LogP) is -0.0953. The molecule has 0 spiro atoms. The van der Waals surface area contributed by atoms with E-state index in [1.54, 1.807) is 7.05 Å². The van der Waals surface area contributed by atoms with E-state index in [9.17, 15) is 19.5 Å². The molecule has 0 saturated carbocycles. The van der Waals surface area contributed by atoms with Crippen molar-refractivity contribution >= 4 is 17.7 Å². The maximum absolute atomic E-state index is 13.0. The summed E-state index contributed by atoms with van der Waals surface area (Å²) in [4.78, 5) is 39.7. The normalized spacial score (nSPS) is 31.2. The third-order valence-corrected chi connectivity index (χ3v) is 5.17. The van der Waals surface area contributed by atoms with E-state index in [0.29, 0.717) is 0 Å². The van der Waals surface area contributed by atoms with Gasteiger partial charge in [0.25, 0.3) is 0 Å². The number of hydrogen-bond acceptors (Lipinski definition) is 4. The Kier molecular flexibility index (Phi) is 6.21. The molecule has 1 heterocycles. The maximum atomic E-state index is 13.0. The lowest BCUT2D eigenvalue weighted by atomic mass is 9.69. The van der Waals surface area contributed by atoms with Gasteiger partial charge in [0.2, 0.25) is 17.7 Å². The number of aliphatic hydroxyl groups is 1. The van der Waals surface area contributed by atoms with E-state index < -0.39 is 17.9 Å². The number of carbonyl (C=O) groups excluding carboxylic acids is 3. The van der Waals surface area contributed by atoms with E-state index in [1.165, 1.54) is 4.90 Å². The molecule has 0 radical (unpaired) electrons. The third-order valence-electron chi connectivity index (χ3n) is 5.17. The second-order valence-electron chi connectivity index (χ2n) is 7.06. The molecule has 3 N–H and O–H groups in total. The first-order valence-electron chi connectivity index (χ1n) is 8.98. The van der Waals surface area contributed by atoms with Gasteiger partial charge in [0.1, 0.15) is 6.04 Å². The molecule has 1 saturated heterocycles. The number of nitrogens with one attached hydrogen (secondary N) is 2. The van der Waals surface area contributed by atoms with Crippen LogP contribution in [0.5, 0.6) is 0 Å². The van der Waals surface area contributed by atoms with Crippen molar-refractivity contribution in [3.8, 4) is 0 Å². The summed E-state index contributed by atoms with van der Waals surface area (Å²) in [5, 5.41) is 14.9. The van der Waals surface area contributed by atoms with Gasteiger partial charge in [0.05, 0.1) is 18.4 Å². The molecule has 25 heavy (non-hydrogen) atoms. The Balaban J connectivity index is 2.43. The molecule has 0 bridgehead atoms. The summed E-state index contributed by atoms with van der Waals surface area (Å²) in [5.74, 6) is -2.08. The van der Waals surface area contributed by atoms with Crippen molar-refractivity contribution in [3.05, 3.63) is 12.2 Å². The van der Waals surface area contributed by atoms with Crippen LogP contribution in [0.3, 0.4) is 0 Å². The first kappa shape index (κ1) is 19.4. The highest BCUT2D eigenvalue weighted by Gasteiger charge is 2.56. The van der Waals surface area contributed by atoms with Gasteiger partial charge >= 0.3 is 0 Å². The third kappa shape index (κ3) is 3.56. The van der Waals surface area contributed by atoms with Crippen molar-refractivity contribution in [2.24, 2.45) is 23.7 Å². The van der Waals surface area contributed by atoms with Crippen LogP contribution in [-0.2, 0) is 14.4 Å². The molecule has 3 amide bonds. The van der Waals surface area contributed by atoms with Gasteiger partial charge < -0.3 is 20.6 Å². The van der Waals surface area contributed by atoms with E-state index in [0.717, 1.165) is 6.42 Å². The van der Waals surface area contributed by atoms with Gasteiger partial charge in [0.15, 0.2) is 0 Å². The molecule has 0 aromatic rings. The van der Waals surface area contributed by atoms with E-state index >= 15 is 0 Å². The Labute approximate surface area is 148 Å². The molecule has 1 aliphatic heterocycles. The fraction of sp³-hybridized carbons (Fsp3) is 0.722. The molecule has 140 valence electrons. The second kappa shape index (κ2) is 7.99. The SMILES string of the molecule is CC[C@@H]1C=C[C@H]2[C@H](C(=O)N(CCO)[C@@H]2C(=O)NC(C)C)[C@@H]1C(=O)NC. The molecule has 1 fully saturated rings. The topological polar surface area (TPSA) is 98.7 Å². The number of nitrogens with zero attached hydrogens (tertiary/aromatic N) is 1. The fourth-order valence-corrected chi connectivity index (χ4v) is 4.13. The van der Waals surface area contributed by atoms with Crippen LogP contribution < -0.4 is 10.6 Å². The molecular formula is C18H29N3O4. The van der Waals surface area contributed by atoms with Crippen LogP contribution >= 0.6 is 0 Å². The number of β-amino-alcohol motifs (C(OH)–C–C–N with tert-alkyl or cyclic N) is 1. The Bertz CT molecular complexity index is 561. The molecule has 1 aliphatic carbocycles. The van der Waals surface area contributed by atoms with Gasteiger partial charge in [-0.2, -0.15) is 0 Å². The quantitative estimate of drug-likeness (QED) is 0.582. The smallest absolute Gasteiger partial charge is 0.243 e. The van der Waals surface area contributed by atoms with Gasteiger partial charge in [-0.05, 0) is 26.2 Å². The minimum atomic E-state index is -0.687. The van der Waals surface area contributed by atoms with Crippen LogP contribution in [0, 0.1) is 23.7 Å². The molecular weight excluding hydrogens is 322 g/mol. The van der Waals surface area contributed by atoms with Gasteiger partial charge in [-0.25, -0.2) is 0 Å². The first-order chi connectivity index (χ1) is 11.9. The lowest BCUT2D eigenvalue weighted by Gasteiger charge is -2.33. The van der Waals surface area contributed by atoms with E-state index in [-0.39, 0.29) is 48.8 Å². The van der Waals surface area contributed by atoms with E-state index in [4.69, 9.17) is 0 Å². The summed E-state index contributed by atoms with van der Waals surface area (Å²) < 4.78 is 0. The summed E-state index contributed by atoms with van der Waals surface area (Å²) in [6, 6.07) is -0.739. The van der Waals surface area contributed by atoms with Crippen molar-refractivity contribution in [2.45, 2.75) is 39.3 Å². The average molecular weight is 351 g/mol. The lowest BCUT2D eigenvalue weighted by molar-refractivity contribution is -0.141. The number of allylic oxidation sites excluding steroid dienone is 1.